The Morgan fingerprint density at radius 2 is 1.94 bits per heavy atom. The van der Waals surface area contributed by atoms with Crippen molar-refractivity contribution in [1.29, 1.82) is 0 Å². The van der Waals surface area contributed by atoms with Crippen LogP contribution < -0.4 is 19.5 Å². The van der Waals surface area contributed by atoms with E-state index in [2.05, 4.69) is 28.7 Å². The minimum Gasteiger partial charge on any atom is -0.477 e. The molecule has 0 bridgehead atoms. The van der Waals surface area contributed by atoms with E-state index in [9.17, 15) is 0 Å². The van der Waals surface area contributed by atoms with Crippen LogP contribution in [0.15, 0.2) is 23.6 Å². The second-order valence-electron chi connectivity index (χ2n) is 8.56. The van der Waals surface area contributed by atoms with E-state index >= 15 is 0 Å². The Balaban J connectivity index is 1.39. The van der Waals surface area contributed by atoms with E-state index in [4.69, 9.17) is 19.2 Å². The van der Waals surface area contributed by atoms with E-state index in [1.807, 2.05) is 19.1 Å². The van der Waals surface area contributed by atoms with Gasteiger partial charge in [-0.05, 0) is 44.7 Å². The Hall–Kier alpha value is -2.38. The summed E-state index contributed by atoms with van der Waals surface area (Å²) in [6.45, 7) is 5.83. The van der Waals surface area contributed by atoms with Crippen LogP contribution in [-0.4, -0.2) is 23.4 Å². The lowest BCUT2D eigenvalue weighted by atomic mass is 9.90. The number of rotatable bonds is 7. The van der Waals surface area contributed by atoms with Crippen molar-refractivity contribution in [2.24, 2.45) is 5.92 Å². The maximum absolute atomic E-state index is 6.31. The van der Waals surface area contributed by atoms with Crippen LogP contribution in [0.25, 0.3) is 10.9 Å². The second-order valence-corrected chi connectivity index (χ2v) is 9.62. The molecule has 2 aromatic heterocycles. The molecule has 1 aliphatic carbocycles. The predicted molar refractivity (Wildman–Crippen MR) is 122 cm³/mol. The Bertz CT molecular complexity index is 1060. The van der Waals surface area contributed by atoms with Crippen LogP contribution in [0.2, 0.25) is 0 Å². The van der Waals surface area contributed by atoms with Crippen LogP contribution in [0.5, 0.6) is 17.4 Å². The predicted octanol–water partition coefficient (Wildman–Crippen LogP) is 5.54. The van der Waals surface area contributed by atoms with Crippen molar-refractivity contribution < 1.29 is 14.2 Å². The largest absolute Gasteiger partial charge is 0.477 e. The topological polar surface area (TPSA) is 65.5 Å². The number of pyridine rings is 1. The average molecular weight is 440 g/mol. The highest BCUT2D eigenvalue weighted by molar-refractivity contribution is 7.09. The highest BCUT2D eigenvalue weighted by atomic mass is 32.1. The molecule has 5 rings (SSSR count). The van der Waals surface area contributed by atoms with Gasteiger partial charge in [0.05, 0.1) is 22.8 Å². The van der Waals surface area contributed by atoms with E-state index in [1.54, 1.807) is 11.3 Å². The molecule has 1 atom stereocenters. The number of aryl methyl sites for hydroxylation is 1. The van der Waals surface area contributed by atoms with E-state index in [1.165, 1.54) is 32.1 Å². The lowest BCUT2D eigenvalue weighted by molar-refractivity contribution is 0.174. The van der Waals surface area contributed by atoms with E-state index < -0.39 is 0 Å². The molecule has 1 fully saturated rings. The molecule has 3 aromatic rings. The van der Waals surface area contributed by atoms with Gasteiger partial charge in [-0.15, -0.1) is 11.3 Å². The zero-order chi connectivity index (χ0) is 21.2. The van der Waals surface area contributed by atoms with Gasteiger partial charge in [0.25, 0.3) is 0 Å². The quantitative estimate of drug-likeness (QED) is 0.522. The van der Waals surface area contributed by atoms with E-state index in [0.717, 1.165) is 45.3 Å². The number of benzene rings is 1. The molecular weight excluding hydrogens is 410 g/mol. The summed E-state index contributed by atoms with van der Waals surface area (Å²) >= 11 is 1.68. The van der Waals surface area contributed by atoms with Gasteiger partial charge >= 0.3 is 0 Å². The Kier molecular flexibility index (Phi) is 5.96. The van der Waals surface area contributed by atoms with Gasteiger partial charge in [0.1, 0.15) is 0 Å². The third-order valence-electron chi connectivity index (χ3n) is 6.21. The van der Waals surface area contributed by atoms with Crippen molar-refractivity contribution in [3.63, 3.8) is 0 Å². The van der Waals surface area contributed by atoms with E-state index in [0.29, 0.717) is 18.3 Å². The maximum atomic E-state index is 6.31. The zero-order valence-electron chi connectivity index (χ0n) is 18.1. The molecule has 164 valence electrons. The minimum atomic E-state index is 0.156. The molecule has 0 spiro atoms. The van der Waals surface area contributed by atoms with Gasteiger partial charge in [-0.1, -0.05) is 19.3 Å². The van der Waals surface area contributed by atoms with Gasteiger partial charge in [0.15, 0.2) is 11.5 Å². The first-order valence-corrected chi connectivity index (χ1v) is 12.0. The third kappa shape index (κ3) is 4.62. The molecule has 1 saturated carbocycles. The highest BCUT2D eigenvalue weighted by Gasteiger charge is 2.19. The number of ether oxygens (including phenoxy) is 3. The molecule has 2 aliphatic rings. The maximum Gasteiger partial charge on any atom is 0.231 e. The highest BCUT2D eigenvalue weighted by Crippen LogP contribution is 2.37. The summed E-state index contributed by atoms with van der Waals surface area (Å²) in [6, 6.07) is 6.27. The Morgan fingerprint density at radius 1 is 1.13 bits per heavy atom. The molecule has 7 heteroatoms. The fourth-order valence-electron chi connectivity index (χ4n) is 4.34. The van der Waals surface area contributed by atoms with Crippen LogP contribution in [-0.2, 0) is 6.54 Å². The normalized spacial score (nSPS) is 17.2. The summed E-state index contributed by atoms with van der Waals surface area (Å²) in [5.41, 5.74) is 3.00. The molecule has 1 aromatic carbocycles. The standard InChI is InChI=1S/C24H29N3O3S/c1-15(21-13-31-16(2)26-21)25-11-19-8-18-9-22-23(30-14-29-22)10-20(18)27-24(19)28-12-17-6-4-3-5-7-17/h8-10,13,15,17,25H,3-7,11-12,14H2,1-2H3. The van der Waals surface area contributed by atoms with Crippen LogP contribution in [0.1, 0.15) is 61.3 Å². The third-order valence-corrected chi connectivity index (χ3v) is 7.00. The molecule has 6 nitrogen and oxygen atoms in total. The van der Waals surface area contributed by atoms with Crippen molar-refractivity contribution >= 4 is 22.2 Å². The summed E-state index contributed by atoms with van der Waals surface area (Å²) in [7, 11) is 0. The lowest BCUT2D eigenvalue weighted by Gasteiger charge is -2.22. The molecule has 3 heterocycles. The van der Waals surface area contributed by atoms with Crippen molar-refractivity contribution in [2.75, 3.05) is 13.4 Å². The van der Waals surface area contributed by atoms with Gasteiger partial charge < -0.3 is 19.5 Å². The van der Waals surface area contributed by atoms with Gasteiger partial charge in [0.2, 0.25) is 12.7 Å². The number of nitrogens with one attached hydrogen (secondary N) is 1. The molecule has 31 heavy (non-hydrogen) atoms. The monoisotopic (exact) mass is 439 g/mol. The average Bonchev–Trinajstić information content (AvgIpc) is 3.43. The molecule has 0 amide bonds. The van der Waals surface area contributed by atoms with Gasteiger partial charge in [0, 0.05) is 35.0 Å². The van der Waals surface area contributed by atoms with Crippen LogP contribution in [0.3, 0.4) is 0 Å². The molecule has 1 unspecified atom stereocenters. The lowest BCUT2D eigenvalue weighted by Crippen LogP contribution is -2.20. The summed E-state index contributed by atoms with van der Waals surface area (Å²) in [5, 5.41) is 7.83. The zero-order valence-corrected chi connectivity index (χ0v) is 19.0. The number of thiazole rings is 1. The molecule has 1 aliphatic heterocycles. The number of hydrogen-bond donors (Lipinski definition) is 1. The van der Waals surface area contributed by atoms with Crippen LogP contribution in [0.4, 0.5) is 0 Å². The summed E-state index contributed by atoms with van der Waals surface area (Å²) < 4.78 is 17.4. The van der Waals surface area contributed by atoms with Gasteiger partial charge in [-0.2, -0.15) is 0 Å². The number of nitrogens with zero attached hydrogens (tertiary/aromatic N) is 2. The van der Waals surface area contributed by atoms with Gasteiger partial charge in [-0.3, -0.25) is 0 Å². The van der Waals surface area contributed by atoms with Gasteiger partial charge in [-0.25, -0.2) is 9.97 Å². The summed E-state index contributed by atoms with van der Waals surface area (Å²) in [5.74, 6) is 2.86. The second kappa shape index (κ2) is 9.01. The number of hydrogen-bond acceptors (Lipinski definition) is 7. The van der Waals surface area contributed by atoms with Crippen molar-refractivity contribution in [1.82, 2.24) is 15.3 Å². The molecule has 0 radical (unpaired) electrons. The fraction of sp³-hybridized carbons (Fsp3) is 0.500. The first-order valence-electron chi connectivity index (χ1n) is 11.2. The van der Waals surface area contributed by atoms with Crippen molar-refractivity contribution in [2.45, 2.75) is 58.5 Å². The SMILES string of the molecule is Cc1nc(C(C)NCc2cc3cc4c(cc3nc2OCC2CCCCC2)OCO4)cs1. The fourth-order valence-corrected chi connectivity index (χ4v) is 5.05. The minimum absolute atomic E-state index is 0.156. The Morgan fingerprint density at radius 3 is 2.71 bits per heavy atom. The smallest absolute Gasteiger partial charge is 0.231 e. The summed E-state index contributed by atoms with van der Waals surface area (Å²) in [6.07, 6.45) is 6.46. The number of fused-ring (bicyclic) bond motifs is 2. The van der Waals surface area contributed by atoms with Crippen molar-refractivity contribution in [3.05, 3.63) is 39.8 Å². The summed E-state index contributed by atoms with van der Waals surface area (Å²) in [4.78, 5) is 9.49. The molecule has 1 N–H and O–H groups in total. The molecular formula is C24H29N3O3S. The number of aromatic nitrogens is 2. The van der Waals surface area contributed by atoms with E-state index in [-0.39, 0.29) is 12.8 Å². The van der Waals surface area contributed by atoms with Crippen molar-refractivity contribution in [3.8, 4) is 17.4 Å². The Labute approximate surface area is 187 Å². The van der Waals surface area contributed by atoms with Crippen LogP contribution in [0, 0.1) is 12.8 Å². The first kappa shape index (κ1) is 20.5. The van der Waals surface area contributed by atoms with Crippen LogP contribution >= 0.6 is 11.3 Å². The first-order chi connectivity index (χ1) is 15.2. The molecule has 0 saturated heterocycles.